The molecule has 0 spiro atoms. The highest BCUT2D eigenvalue weighted by Crippen LogP contribution is 2.29. The Kier molecular flexibility index (Phi) is 5.69. The lowest BCUT2D eigenvalue weighted by molar-refractivity contribution is 0.591. The van der Waals surface area contributed by atoms with Crippen LogP contribution in [0.4, 0.5) is 4.39 Å². The molecule has 1 unspecified atom stereocenters. The third-order valence-electron chi connectivity index (χ3n) is 2.75. The van der Waals surface area contributed by atoms with E-state index in [0.29, 0.717) is 21.4 Å². The van der Waals surface area contributed by atoms with Gasteiger partial charge in [0.25, 0.3) is 0 Å². The maximum absolute atomic E-state index is 13.3. The highest BCUT2D eigenvalue weighted by atomic mass is 35.5. The molecule has 0 radical (unpaired) electrons. The molecule has 0 heterocycles. The quantitative estimate of drug-likeness (QED) is 0.484. The van der Waals surface area contributed by atoms with E-state index >= 15 is 0 Å². The summed E-state index contributed by atoms with van der Waals surface area (Å²) in [5.74, 6) is 5.82. The van der Waals surface area contributed by atoms with E-state index in [1.54, 1.807) is 11.8 Å². The zero-order chi connectivity index (χ0) is 14.5. The summed E-state index contributed by atoms with van der Waals surface area (Å²) in [6, 6.07) is 11.5. The van der Waals surface area contributed by atoms with E-state index in [1.807, 2.05) is 24.3 Å². The van der Waals surface area contributed by atoms with E-state index in [9.17, 15) is 4.39 Å². The first-order valence-electron chi connectivity index (χ1n) is 5.89. The second-order valence-electron chi connectivity index (χ2n) is 4.15. The first kappa shape index (κ1) is 15.6. The van der Waals surface area contributed by atoms with Gasteiger partial charge >= 0.3 is 0 Å². The number of rotatable bonds is 5. The Bertz CT molecular complexity index is 595. The fraction of sp³-hybridized carbons (Fsp3) is 0.143. The van der Waals surface area contributed by atoms with Gasteiger partial charge in [-0.05, 0) is 42.0 Å². The van der Waals surface area contributed by atoms with Crippen LogP contribution in [-0.2, 0) is 0 Å². The number of nitrogens with one attached hydrogen (secondary N) is 1. The molecule has 0 aliphatic rings. The number of hydrazine groups is 1. The van der Waals surface area contributed by atoms with Crippen molar-refractivity contribution in [3.8, 4) is 0 Å². The molecule has 2 aromatic rings. The van der Waals surface area contributed by atoms with Crippen molar-refractivity contribution in [3.63, 3.8) is 0 Å². The minimum atomic E-state index is -0.336. The van der Waals surface area contributed by atoms with Gasteiger partial charge in [0.15, 0.2) is 0 Å². The van der Waals surface area contributed by atoms with Crippen molar-refractivity contribution in [2.45, 2.75) is 10.9 Å². The predicted octanol–water partition coefficient (Wildman–Crippen LogP) is 4.43. The van der Waals surface area contributed by atoms with Crippen LogP contribution in [0.1, 0.15) is 11.6 Å². The molecule has 106 valence electrons. The topological polar surface area (TPSA) is 38.0 Å². The van der Waals surface area contributed by atoms with Crippen molar-refractivity contribution in [1.82, 2.24) is 5.43 Å². The molecule has 2 nitrogen and oxygen atoms in total. The van der Waals surface area contributed by atoms with Crippen LogP contribution in [0, 0.1) is 5.82 Å². The summed E-state index contributed by atoms with van der Waals surface area (Å²) in [5.41, 5.74) is 3.31. The molecule has 2 aromatic carbocycles. The van der Waals surface area contributed by atoms with E-state index in [1.165, 1.54) is 18.2 Å². The van der Waals surface area contributed by atoms with Crippen molar-refractivity contribution in [2.24, 2.45) is 5.84 Å². The molecular weight excluding hydrogens is 318 g/mol. The number of thioether (sulfide) groups is 1. The van der Waals surface area contributed by atoms with Gasteiger partial charge < -0.3 is 0 Å². The second kappa shape index (κ2) is 7.29. The van der Waals surface area contributed by atoms with Gasteiger partial charge in [-0.3, -0.25) is 11.3 Å². The van der Waals surface area contributed by atoms with Crippen LogP contribution in [0.2, 0.25) is 10.0 Å². The van der Waals surface area contributed by atoms with E-state index < -0.39 is 0 Å². The smallest absolute Gasteiger partial charge is 0.123 e. The van der Waals surface area contributed by atoms with E-state index in [2.05, 4.69) is 5.43 Å². The van der Waals surface area contributed by atoms with Gasteiger partial charge in [-0.2, -0.15) is 0 Å². The summed E-state index contributed by atoms with van der Waals surface area (Å²) < 4.78 is 13.3. The zero-order valence-corrected chi connectivity index (χ0v) is 12.8. The van der Waals surface area contributed by atoms with Gasteiger partial charge in [0.1, 0.15) is 5.82 Å². The van der Waals surface area contributed by atoms with Crippen molar-refractivity contribution in [1.29, 1.82) is 0 Å². The van der Waals surface area contributed by atoms with Crippen molar-refractivity contribution >= 4 is 35.0 Å². The van der Waals surface area contributed by atoms with Crippen molar-refractivity contribution < 1.29 is 4.39 Å². The molecule has 0 aromatic heterocycles. The number of halogens is 3. The fourth-order valence-electron chi connectivity index (χ4n) is 1.75. The van der Waals surface area contributed by atoms with Crippen LogP contribution in [0.25, 0.3) is 0 Å². The first-order chi connectivity index (χ1) is 9.60. The molecule has 0 saturated heterocycles. The summed E-state index contributed by atoms with van der Waals surface area (Å²) in [5, 5.41) is 1.16. The molecule has 0 bridgehead atoms. The lowest BCUT2D eigenvalue weighted by atomic mass is 10.1. The Morgan fingerprint density at radius 3 is 2.70 bits per heavy atom. The van der Waals surface area contributed by atoms with Gasteiger partial charge in [0, 0.05) is 20.7 Å². The molecule has 6 heteroatoms. The minimum absolute atomic E-state index is 0.248. The predicted molar refractivity (Wildman–Crippen MR) is 83.7 cm³/mol. The minimum Gasteiger partial charge on any atom is -0.271 e. The molecule has 20 heavy (non-hydrogen) atoms. The molecule has 0 aliphatic carbocycles. The molecule has 0 saturated carbocycles. The SMILES string of the molecule is NNC(CSc1cccc(Cl)c1)c1cc(F)ccc1Cl. The number of hydrogen-bond acceptors (Lipinski definition) is 3. The number of nitrogens with two attached hydrogens (primary N) is 1. The number of hydrogen-bond donors (Lipinski definition) is 2. The van der Waals surface area contributed by atoms with Crippen LogP contribution in [0.5, 0.6) is 0 Å². The molecule has 2 rings (SSSR count). The molecule has 3 N–H and O–H groups in total. The molecule has 1 atom stereocenters. The lowest BCUT2D eigenvalue weighted by Gasteiger charge is -2.17. The normalized spacial score (nSPS) is 12.4. The van der Waals surface area contributed by atoms with Gasteiger partial charge in [-0.25, -0.2) is 4.39 Å². The fourth-order valence-corrected chi connectivity index (χ4v) is 3.27. The van der Waals surface area contributed by atoms with Crippen LogP contribution in [0.15, 0.2) is 47.4 Å². The third-order valence-corrected chi connectivity index (χ3v) is 4.41. The van der Waals surface area contributed by atoms with Gasteiger partial charge in [0.2, 0.25) is 0 Å². The Morgan fingerprint density at radius 2 is 2.00 bits per heavy atom. The first-order valence-corrected chi connectivity index (χ1v) is 7.63. The van der Waals surface area contributed by atoms with E-state index in [4.69, 9.17) is 29.0 Å². The summed E-state index contributed by atoms with van der Waals surface area (Å²) in [6.45, 7) is 0. The van der Waals surface area contributed by atoms with Gasteiger partial charge in [-0.1, -0.05) is 29.3 Å². The third kappa shape index (κ3) is 4.11. The maximum Gasteiger partial charge on any atom is 0.123 e. The Balaban J connectivity index is 2.11. The maximum atomic E-state index is 13.3. The Labute approximate surface area is 131 Å². The molecule has 0 amide bonds. The number of benzene rings is 2. The van der Waals surface area contributed by atoms with Crippen LogP contribution < -0.4 is 11.3 Å². The monoisotopic (exact) mass is 330 g/mol. The molecular formula is C14H13Cl2FN2S. The van der Waals surface area contributed by atoms with Crippen LogP contribution >= 0.6 is 35.0 Å². The largest absolute Gasteiger partial charge is 0.271 e. The lowest BCUT2D eigenvalue weighted by Crippen LogP contribution is -2.30. The van der Waals surface area contributed by atoms with Crippen LogP contribution in [0.3, 0.4) is 0 Å². The van der Waals surface area contributed by atoms with E-state index in [-0.39, 0.29) is 11.9 Å². The van der Waals surface area contributed by atoms with Gasteiger partial charge in [0.05, 0.1) is 6.04 Å². The second-order valence-corrected chi connectivity index (χ2v) is 6.09. The standard InChI is InChI=1S/C14H13Cl2FN2S/c15-9-2-1-3-11(6-9)20-8-14(19-18)12-7-10(17)4-5-13(12)16/h1-7,14,19H,8,18H2. The highest BCUT2D eigenvalue weighted by molar-refractivity contribution is 7.99. The van der Waals surface area contributed by atoms with Crippen molar-refractivity contribution in [3.05, 3.63) is 63.9 Å². The summed E-state index contributed by atoms with van der Waals surface area (Å²) >= 11 is 13.6. The van der Waals surface area contributed by atoms with Crippen molar-refractivity contribution in [2.75, 3.05) is 5.75 Å². The van der Waals surface area contributed by atoms with Gasteiger partial charge in [-0.15, -0.1) is 11.8 Å². The zero-order valence-electron chi connectivity index (χ0n) is 10.4. The highest BCUT2D eigenvalue weighted by Gasteiger charge is 2.14. The van der Waals surface area contributed by atoms with Crippen LogP contribution in [-0.4, -0.2) is 5.75 Å². The Morgan fingerprint density at radius 1 is 1.20 bits per heavy atom. The van der Waals surface area contributed by atoms with E-state index in [0.717, 1.165) is 4.90 Å². The summed E-state index contributed by atoms with van der Waals surface area (Å²) in [7, 11) is 0. The average molecular weight is 331 g/mol. The molecule has 0 aliphatic heterocycles. The summed E-state index contributed by atoms with van der Waals surface area (Å²) in [4.78, 5) is 1.02. The Hall–Kier alpha value is -0.780. The average Bonchev–Trinajstić information content (AvgIpc) is 2.43. The molecule has 0 fully saturated rings. The summed E-state index contributed by atoms with van der Waals surface area (Å²) in [6.07, 6.45) is 0.